The second-order valence-corrected chi connectivity index (χ2v) is 5.70. The summed E-state index contributed by atoms with van der Waals surface area (Å²) in [5, 5.41) is 0. The maximum atomic E-state index is 11.4. The van der Waals surface area contributed by atoms with Gasteiger partial charge in [-0.3, -0.25) is 0 Å². The Labute approximate surface area is 89.4 Å². The summed E-state index contributed by atoms with van der Waals surface area (Å²) in [6.07, 6.45) is 10.4. The molecule has 0 radical (unpaired) electrons. The van der Waals surface area contributed by atoms with Crippen molar-refractivity contribution in [1.29, 1.82) is 0 Å². The molecule has 0 aliphatic carbocycles. The van der Waals surface area contributed by atoms with Crippen molar-refractivity contribution in [3.05, 3.63) is 0 Å². The lowest BCUT2D eigenvalue weighted by Crippen LogP contribution is -1.99. The van der Waals surface area contributed by atoms with Crippen molar-refractivity contribution in [3.63, 3.8) is 0 Å². The molecule has 0 aliphatic rings. The highest BCUT2D eigenvalue weighted by molar-refractivity contribution is 7.44. The van der Waals surface area contributed by atoms with Gasteiger partial charge in [0.1, 0.15) is 12.3 Å². The fourth-order valence-electron chi connectivity index (χ4n) is 1.45. The van der Waals surface area contributed by atoms with Crippen LogP contribution in [0.25, 0.3) is 0 Å². The number of hydrogen-bond donors (Lipinski definition) is 1. The van der Waals surface area contributed by atoms with Crippen LogP contribution in [-0.4, -0.2) is 18.9 Å². The monoisotopic (exact) mass is 218 g/mol. The lowest BCUT2D eigenvalue weighted by atomic mass is 10.1. The fourth-order valence-corrected chi connectivity index (χ4v) is 2.78. The van der Waals surface area contributed by atoms with Gasteiger partial charge in [-0.25, -0.2) is 0 Å². The van der Waals surface area contributed by atoms with Crippen LogP contribution in [0.4, 0.5) is 0 Å². The zero-order chi connectivity index (χ0) is 10.6. The van der Waals surface area contributed by atoms with Crippen LogP contribution in [0, 0.1) is 0 Å². The van der Waals surface area contributed by atoms with E-state index in [4.69, 9.17) is 5.73 Å². The minimum atomic E-state index is -0.941. The molecule has 0 rings (SSSR count). The predicted octanol–water partition coefficient (Wildman–Crippen LogP) is 3.52. The molecule has 0 bridgehead atoms. The van der Waals surface area contributed by atoms with Crippen molar-refractivity contribution < 1.29 is 4.57 Å². The number of unbranched alkanes of at least 4 members (excludes halogenated alkanes) is 5. The zero-order valence-electron chi connectivity index (χ0n) is 9.50. The molecule has 3 heteroatoms. The van der Waals surface area contributed by atoms with Gasteiger partial charge >= 0.3 is 7.80 Å². The van der Waals surface area contributed by atoms with Gasteiger partial charge in [-0.05, 0) is 19.4 Å². The maximum absolute atomic E-state index is 11.4. The molecule has 2 N–H and O–H groups in total. The van der Waals surface area contributed by atoms with Gasteiger partial charge in [0.25, 0.3) is 0 Å². The van der Waals surface area contributed by atoms with Crippen molar-refractivity contribution in [2.45, 2.75) is 51.9 Å². The quantitative estimate of drug-likeness (QED) is 0.450. The molecule has 0 amide bonds. The summed E-state index contributed by atoms with van der Waals surface area (Å²) >= 11 is 0. The van der Waals surface area contributed by atoms with Crippen LogP contribution in [0.3, 0.4) is 0 Å². The molecule has 0 aromatic carbocycles. The normalized spacial score (nSPS) is 11.7. The highest BCUT2D eigenvalue weighted by atomic mass is 31.1. The minimum Gasteiger partial charge on any atom is -0.330 e. The topological polar surface area (TPSA) is 43.1 Å². The molecule has 1 atom stereocenters. The molecule has 1 unspecified atom stereocenters. The first kappa shape index (κ1) is 14.1. The van der Waals surface area contributed by atoms with Crippen LogP contribution in [0.1, 0.15) is 51.9 Å². The Morgan fingerprint density at radius 1 is 0.929 bits per heavy atom. The third kappa shape index (κ3) is 10.1. The SMILES string of the molecule is CCCCCCCC[P+](=O)CCCN. The average Bonchev–Trinajstić information content (AvgIpc) is 2.20. The maximum Gasteiger partial charge on any atom is 0.338 e. The van der Waals surface area contributed by atoms with Crippen molar-refractivity contribution in [2.24, 2.45) is 5.73 Å². The first-order valence-corrected chi connectivity index (χ1v) is 7.56. The van der Waals surface area contributed by atoms with E-state index in [1.807, 2.05) is 0 Å². The molecule has 0 saturated heterocycles. The Morgan fingerprint density at radius 2 is 1.50 bits per heavy atom. The highest BCUT2D eigenvalue weighted by Gasteiger charge is 2.12. The Balaban J connectivity index is 3.07. The van der Waals surface area contributed by atoms with Crippen LogP contribution in [-0.2, 0) is 4.57 Å². The highest BCUT2D eigenvalue weighted by Crippen LogP contribution is 2.23. The first-order chi connectivity index (χ1) is 6.81. The van der Waals surface area contributed by atoms with E-state index in [9.17, 15) is 4.57 Å². The number of nitrogens with two attached hydrogens (primary N) is 1. The Kier molecular flexibility index (Phi) is 11.2. The van der Waals surface area contributed by atoms with Crippen molar-refractivity contribution in [3.8, 4) is 0 Å². The Morgan fingerprint density at radius 3 is 2.14 bits per heavy atom. The van der Waals surface area contributed by atoms with E-state index >= 15 is 0 Å². The van der Waals surface area contributed by atoms with E-state index in [1.165, 1.54) is 32.1 Å². The van der Waals surface area contributed by atoms with Crippen molar-refractivity contribution in [1.82, 2.24) is 0 Å². The summed E-state index contributed by atoms with van der Waals surface area (Å²) in [6, 6.07) is 0. The molecule has 0 aromatic rings. The van der Waals surface area contributed by atoms with Crippen molar-refractivity contribution in [2.75, 3.05) is 18.9 Å². The van der Waals surface area contributed by atoms with Gasteiger partial charge in [0, 0.05) is 6.42 Å². The number of rotatable bonds is 10. The van der Waals surface area contributed by atoms with Gasteiger partial charge < -0.3 is 5.73 Å². The lowest BCUT2D eigenvalue weighted by molar-refractivity contribution is 0.579. The van der Waals surface area contributed by atoms with Crippen LogP contribution >= 0.6 is 7.80 Å². The molecule has 0 spiro atoms. The molecular weight excluding hydrogens is 193 g/mol. The van der Waals surface area contributed by atoms with E-state index in [-0.39, 0.29) is 0 Å². The van der Waals surface area contributed by atoms with Gasteiger partial charge in [0.05, 0.1) is 0 Å². The van der Waals surface area contributed by atoms with E-state index in [1.54, 1.807) is 0 Å². The molecule has 84 valence electrons. The Hall–Kier alpha value is 0.0600. The van der Waals surface area contributed by atoms with Gasteiger partial charge in [0.15, 0.2) is 0 Å². The van der Waals surface area contributed by atoms with E-state index in [0.717, 1.165) is 25.2 Å². The molecule has 0 heterocycles. The molecule has 0 aromatic heterocycles. The van der Waals surface area contributed by atoms with Gasteiger partial charge in [0.2, 0.25) is 0 Å². The predicted molar refractivity (Wildman–Crippen MR) is 64.4 cm³/mol. The van der Waals surface area contributed by atoms with E-state index in [0.29, 0.717) is 6.54 Å². The Bertz CT molecular complexity index is 139. The molecule has 0 fully saturated rings. The van der Waals surface area contributed by atoms with E-state index in [2.05, 4.69) is 6.92 Å². The van der Waals surface area contributed by atoms with Crippen LogP contribution in [0.15, 0.2) is 0 Å². The average molecular weight is 218 g/mol. The lowest BCUT2D eigenvalue weighted by Gasteiger charge is -1.95. The number of hydrogen-bond acceptors (Lipinski definition) is 2. The summed E-state index contributed by atoms with van der Waals surface area (Å²) in [7, 11) is -0.941. The molecule has 0 saturated carbocycles. The summed E-state index contributed by atoms with van der Waals surface area (Å²) in [5.74, 6) is 0. The van der Waals surface area contributed by atoms with Crippen LogP contribution < -0.4 is 5.73 Å². The largest absolute Gasteiger partial charge is 0.338 e. The van der Waals surface area contributed by atoms with Crippen LogP contribution in [0.5, 0.6) is 0 Å². The fraction of sp³-hybridized carbons (Fsp3) is 1.00. The van der Waals surface area contributed by atoms with Crippen LogP contribution in [0.2, 0.25) is 0 Å². The molecule has 14 heavy (non-hydrogen) atoms. The third-order valence-electron chi connectivity index (χ3n) is 2.37. The van der Waals surface area contributed by atoms with E-state index < -0.39 is 7.80 Å². The smallest absolute Gasteiger partial charge is 0.330 e. The summed E-state index contributed by atoms with van der Waals surface area (Å²) in [5.41, 5.74) is 5.36. The zero-order valence-corrected chi connectivity index (χ0v) is 10.4. The first-order valence-electron chi connectivity index (χ1n) is 5.93. The minimum absolute atomic E-state index is 0.678. The molecule has 0 aliphatic heterocycles. The second kappa shape index (κ2) is 11.1. The summed E-state index contributed by atoms with van der Waals surface area (Å²) in [4.78, 5) is 0. The van der Waals surface area contributed by atoms with Gasteiger partial charge in [-0.1, -0.05) is 37.2 Å². The third-order valence-corrected chi connectivity index (χ3v) is 4.00. The summed E-state index contributed by atoms with van der Waals surface area (Å²) in [6.45, 7) is 2.90. The standard InChI is InChI=1S/C11H25NOP/c1-2-3-4-5-6-7-10-14(13)11-8-9-12/h2-12H2,1H3/q+1. The molecule has 2 nitrogen and oxygen atoms in total. The van der Waals surface area contributed by atoms with Gasteiger partial charge in [-0.2, -0.15) is 0 Å². The van der Waals surface area contributed by atoms with Crippen molar-refractivity contribution >= 4 is 7.80 Å². The summed E-state index contributed by atoms with van der Waals surface area (Å²) < 4.78 is 11.4. The molecular formula is C11H25NOP+. The van der Waals surface area contributed by atoms with Gasteiger partial charge in [-0.15, -0.1) is 0 Å². The second-order valence-electron chi connectivity index (χ2n) is 3.84.